The van der Waals surface area contributed by atoms with E-state index in [9.17, 15) is 39.0 Å². The topological polar surface area (TPSA) is 182 Å². The third-order valence-electron chi connectivity index (χ3n) is 5.46. The van der Waals surface area contributed by atoms with E-state index in [0.717, 1.165) is 0 Å². The summed E-state index contributed by atoms with van der Waals surface area (Å²) in [5, 5.41) is 26.0. The maximum Gasteiger partial charge on any atom is 0.326 e. The van der Waals surface area contributed by atoms with Crippen LogP contribution in [-0.4, -0.2) is 81.4 Å². The van der Waals surface area contributed by atoms with Crippen LogP contribution in [0.1, 0.15) is 60.3 Å². The predicted molar refractivity (Wildman–Crippen MR) is 120 cm³/mol. The number of rotatable bonds is 12. The molecule has 4 atom stereocenters. The van der Waals surface area contributed by atoms with Crippen LogP contribution in [0.4, 0.5) is 0 Å². The van der Waals surface area contributed by atoms with E-state index < -0.39 is 72.1 Å². The molecule has 12 nitrogen and oxygen atoms in total. The van der Waals surface area contributed by atoms with Crippen LogP contribution < -0.4 is 16.0 Å². The lowest BCUT2D eigenvalue weighted by molar-refractivity contribution is -0.150. The number of carboxylic acids is 2. The van der Waals surface area contributed by atoms with Crippen molar-refractivity contribution in [1.29, 1.82) is 0 Å². The first kappa shape index (κ1) is 28.9. The van der Waals surface area contributed by atoms with Crippen molar-refractivity contribution in [2.75, 3.05) is 6.54 Å². The number of aliphatic carboxylic acids is 2. The Kier molecular flexibility index (Phi) is 10.9. The lowest BCUT2D eigenvalue weighted by atomic mass is 10.0. The summed E-state index contributed by atoms with van der Waals surface area (Å²) in [5.74, 6) is -5.53. The van der Waals surface area contributed by atoms with Crippen molar-refractivity contribution >= 4 is 35.6 Å². The fraction of sp³-hybridized carbons (Fsp3) is 0.727. The van der Waals surface area contributed by atoms with Gasteiger partial charge in [0.25, 0.3) is 0 Å². The lowest BCUT2D eigenvalue weighted by Crippen LogP contribution is -2.59. The Bertz CT molecular complexity index is 798. The number of carboxylic acid groups (broad SMARTS) is 2. The van der Waals surface area contributed by atoms with Crippen molar-refractivity contribution in [3.8, 4) is 0 Å². The summed E-state index contributed by atoms with van der Waals surface area (Å²) in [6, 6.07) is -4.57. The molecule has 192 valence electrons. The largest absolute Gasteiger partial charge is 0.481 e. The second-order valence-corrected chi connectivity index (χ2v) is 9.30. The van der Waals surface area contributed by atoms with Gasteiger partial charge in [-0.05, 0) is 31.1 Å². The number of carbonyl (C=O) groups excluding carboxylic acids is 4. The first-order valence-corrected chi connectivity index (χ1v) is 11.4. The summed E-state index contributed by atoms with van der Waals surface area (Å²) in [6.45, 7) is 8.47. The van der Waals surface area contributed by atoms with Gasteiger partial charge in [-0.15, -0.1) is 0 Å². The second kappa shape index (κ2) is 12.9. The third kappa shape index (κ3) is 8.64. The molecule has 1 aliphatic rings. The molecule has 0 saturated carbocycles. The molecule has 0 bridgehead atoms. The van der Waals surface area contributed by atoms with Crippen LogP contribution in [0.3, 0.4) is 0 Å². The molecule has 0 aromatic rings. The van der Waals surface area contributed by atoms with Crippen molar-refractivity contribution < 1.29 is 39.0 Å². The quantitative estimate of drug-likeness (QED) is 0.250. The van der Waals surface area contributed by atoms with Crippen LogP contribution in [0, 0.1) is 11.8 Å². The van der Waals surface area contributed by atoms with Crippen LogP contribution in [0.2, 0.25) is 0 Å². The SMILES string of the molecule is CC(=O)N[C@@H](CC(C)C)C(=O)N[C@@H](CC(=O)O)C(=O)N[C@H](C(=O)N1CCC[C@H]1C(=O)O)C(C)C. The summed E-state index contributed by atoms with van der Waals surface area (Å²) in [7, 11) is 0. The molecular formula is C22H36N4O8. The number of nitrogens with zero attached hydrogens (tertiary/aromatic N) is 1. The molecule has 0 radical (unpaired) electrons. The Balaban J connectivity index is 3.05. The number of nitrogens with one attached hydrogen (secondary N) is 3. The van der Waals surface area contributed by atoms with E-state index in [2.05, 4.69) is 16.0 Å². The molecule has 1 aliphatic heterocycles. The van der Waals surface area contributed by atoms with E-state index in [4.69, 9.17) is 0 Å². The highest BCUT2D eigenvalue weighted by molar-refractivity contribution is 5.96. The molecule has 0 aromatic carbocycles. The zero-order valence-electron chi connectivity index (χ0n) is 20.3. The van der Waals surface area contributed by atoms with Crippen molar-refractivity contribution in [2.24, 2.45) is 11.8 Å². The molecule has 0 aliphatic carbocycles. The minimum atomic E-state index is -1.50. The van der Waals surface area contributed by atoms with Gasteiger partial charge in [0.15, 0.2) is 0 Å². The van der Waals surface area contributed by atoms with E-state index in [1.54, 1.807) is 13.8 Å². The summed E-state index contributed by atoms with van der Waals surface area (Å²) >= 11 is 0. The molecule has 0 aromatic heterocycles. The molecule has 5 N–H and O–H groups in total. The maximum absolute atomic E-state index is 13.1. The Morgan fingerprint density at radius 1 is 0.912 bits per heavy atom. The summed E-state index contributed by atoms with van der Waals surface area (Å²) < 4.78 is 0. The fourth-order valence-electron chi connectivity index (χ4n) is 3.84. The average Bonchev–Trinajstić information content (AvgIpc) is 3.19. The van der Waals surface area contributed by atoms with Crippen LogP contribution in [0.25, 0.3) is 0 Å². The van der Waals surface area contributed by atoms with E-state index in [-0.39, 0.29) is 18.9 Å². The van der Waals surface area contributed by atoms with E-state index in [1.807, 2.05) is 13.8 Å². The predicted octanol–water partition coefficient (Wildman–Crippen LogP) is -0.287. The number of carbonyl (C=O) groups is 6. The van der Waals surface area contributed by atoms with Crippen molar-refractivity contribution in [3.63, 3.8) is 0 Å². The average molecular weight is 485 g/mol. The van der Waals surface area contributed by atoms with Crippen molar-refractivity contribution in [2.45, 2.75) is 84.5 Å². The van der Waals surface area contributed by atoms with Gasteiger partial charge in [0.05, 0.1) is 6.42 Å². The first-order valence-electron chi connectivity index (χ1n) is 11.4. The van der Waals surface area contributed by atoms with Gasteiger partial charge in [0.2, 0.25) is 23.6 Å². The minimum absolute atomic E-state index is 0.0277. The molecule has 4 amide bonds. The zero-order valence-corrected chi connectivity index (χ0v) is 20.3. The number of likely N-dealkylation sites (tertiary alicyclic amines) is 1. The van der Waals surface area contributed by atoms with E-state index in [1.165, 1.54) is 11.8 Å². The van der Waals surface area contributed by atoms with E-state index in [0.29, 0.717) is 12.8 Å². The summed E-state index contributed by atoms with van der Waals surface area (Å²) in [5.41, 5.74) is 0. The molecule has 1 rings (SSSR count). The van der Waals surface area contributed by atoms with Gasteiger partial charge in [0, 0.05) is 13.5 Å². The normalized spacial score (nSPS) is 18.2. The first-order chi connectivity index (χ1) is 15.7. The van der Waals surface area contributed by atoms with Gasteiger partial charge in [-0.3, -0.25) is 24.0 Å². The molecule has 0 spiro atoms. The highest BCUT2D eigenvalue weighted by Gasteiger charge is 2.39. The molecule has 1 heterocycles. The Morgan fingerprint density at radius 3 is 1.97 bits per heavy atom. The molecule has 1 saturated heterocycles. The Morgan fingerprint density at radius 2 is 1.50 bits per heavy atom. The zero-order chi connectivity index (χ0) is 26.2. The third-order valence-corrected chi connectivity index (χ3v) is 5.46. The monoisotopic (exact) mass is 484 g/mol. The number of hydrogen-bond donors (Lipinski definition) is 5. The maximum atomic E-state index is 13.1. The second-order valence-electron chi connectivity index (χ2n) is 9.30. The fourth-order valence-corrected chi connectivity index (χ4v) is 3.84. The molecule has 1 fully saturated rings. The van der Waals surface area contributed by atoms with Crippen LogP contribution in [-0.2, 0) is 28.8 Å². The molecule has 34 heavy (non-hydrogen) atoms. The number of amides is 4. The lowest BCUT2D eigenvalue weighted by Gasteiger charge is -2.30. The Hall–Kier alpha value is -3.18. The van der Waals surface area contributed by atoms with Gasteiger partial charge < -0.3 is 31.1 Å². The van der Waals surface area contributed by atoms with Gasteiger partial charge in [-0.25, -0.2) is 4.79 Å². The standard InChI is InChI=1S/C22H36N4O8/c1-11(2)9-14(23-13(5)27)19(30)24-15(10-17(28)29)20(31)25-18(12(3)4)21(32)26-8-6-7-16(26)22(33)34/h11-12,14-16,18H,6-10H2,1-5H3,(H,23,27)(H,24,30)(H,25,31)(H,28,29)(H,33,34)/t14-,15-,16-,18-/m0/s1. The van der Waals surface area contributed by atoms with Crippen LogP contribution in [0.15, 0.2) is 0 Å². The van der Waals surface area contributed by atoms with Gasteiger partial charge in [-0.1, -0.05) is 27.7 Å². The summed E-state index contributed by atoms with van der Waals surface area (Å²) in [6.07, 6.45) is 0.343. The van der Waals surface area contributed by atoms with Gasteiger partial charge >= 0.3 is 11.9 Å². The van der Waals surface area contributed by atoms with Crippen molar-refractivity contribution in [3.05, 3.63) is 0 Å². The van der Waals surface area contributed by atoms with Crippen LogP contribution in [0.5, 0.6) is 0 Å². The van der Waals surface area contributed by atoms with Gasteiger partial charge in [-0.2, -0.15) is 0 Å². The van der Waals surface area contributed by atoms with Crippen molar-refractivity contribution in [1.82, 2.24) is 20.9 Å². The molecule has 12 heteroatoms. The smallest absolute Gasteiger partial charge is 0.326 e. The highest BCUT2D eigenvalue weighted by Crippen LogP contribution is 2.20. The summed E-state index contributed by atoms with van der Waals surface area (Å²) in [4.78, 5) is 74.3. The number of hydrogen-bond acceptors (Lipinski definition) is 6. The van der Waals surface area contributed by atoms with E-state index >= 15 is 0 Å². The highest BCUT2D eigenvalue weighted by atomic mass is 16.4. The minimum Gasteiger partial charge on any atom is -0.481 e. The van der Waals surface area contributed by atoms with Crippen LogP contribution >= 0.6 is 0 Å². The van der Waals surface area contributed by atoms with Gasteiger partial charge in [0.1, 0.15) is 24.2 Å². The molecular weight excluding hydrogens is 448 g/mol. The molecule has 0 unspecified atom stereocenters. The Labute approximate surface area is 198 Å².